The Labute approximate surface area is 232 Å². The van der Waals surface area contributed by atoms with Crippen molar-refractivity contribution in [1.29, 1.82) is 0 Å². The van der Waals surface area contributed by atoms with Crippen LogP contribution >= 0.6 is 0 Å². The van der Waals surface area contributed by atoms with Gasteiger partial charge in [0.25, 0.3) is 5.91 Å². The maximum atomic E-state index is 14.1. The first-order chi connectivity index (χ1) is 19.4. The number of nitrogens with one attached hydrogen (secondary N) is 2. The Morgan fingerprint density at radius 3 is 2.42 bits per heavy atom. The van der Waals surface area contributed by atoms with Crippen molar-refractivity contribution in [3.8, 4) is 0 Å². The molecule has 4 aromatic carbocycles. The largest absolute Gasteiger partial charge is 0.341 e. The first-order valence-corrected chi connectivity index (χ1v) is 13.8. The van der Waals surface area contributed by atoms with E-state index >= 15 is 0 Å². The normalized spacial score (nSPS) is 15.1. The molecule has 3 heterocycles. The van der Waals surface area contributed by atoms with E-state index in [1.54, 1.807) is 0 Å². The number of hydrogen-bond acceptors (Lipinski definition) is 3. The molecule has 0 unspecified atom stereocenters. The highest BCUT2D eigenvalue weighted by atomic mass is 16.1. The molecule has 0 bridgehead atoms. The quantitative estimate of drug-likeness (QED) is 0.248. The lowest BCUT2D eigenvalue weighted by molar-refractivity contribution is -0.113. The number of allylic oxidation sites excluding steroid dienone is 1. The summed E-state index contributed by atoms with van der Waals surface area (Å²) in [5.41, 5.74) is 9.82. The molecule has 6 nitrogen and oxygen atoms in total. The summed E-state index contributed by atoms with van der Waals surface area (Å²) in [4.78, 5) is 19.0. The molecule has 6 aromatic rings. The van der Waals surface area contributed by atoms with E-state index in [9.17, 15) is 4.79 Å². The zero-order valence-electron chi connectivity index (χ0n) is 23.1. The zero-order chi connectivity index (χ0) is 27.5. The molecule has 1 aliphatic rings. The number of aromatic nitrogens is 3. The Hall–Kier alpha value is -4.84. The van der Waals surface area contributed by atoms with Gasteiger partial charge in [0.1, 0.15) is 0 Å². The van der Waals surface area contributed by atoms with E-state index in [2.05, 4.69) is 88.2 Å². The summed E-state index contributed by atoms with van der Waals surface area (Å²) in [6.45, 7) is 9.12. The molecule has 0 aliphatic carbocycles. The molecule has 0 fully saturated rings. The van der Waals surface area contributed by atoms with Crippen molar-refractivity contribution < 1.29 is 4.79 Å². The fraction of sp³-hybridized carbons (Fsp3) is 0.176. The van der Waals surface area contributed by atoms with Crippen molar-refractivity contribution in [2.24, 2.45) is 0 Å². The summed E-state index contributed by atoms with van der Waals surface area (Å²) in [7, 11) is 0. The highest BCUT2D eigenvalue weighted by molar-refractivity contribution is 6.09. The molecule has 1 aliphatic heterocycles. The number of para-hydroxylation sites is 3. The van der Waals surface area contributed by atoms with E-state index in [0.29, 0.717) is 5.57 Å². The van der Waals surface area contributed by atoms with Gasteiger partial charge >= 0.3 is 0 Å². The molecule has 7 rings (SSSR count). The second kappa shape index (κ2) is 9.12. The van der Waals surface area contributed by atoms with Gasteiger partial charge in [0.05, 0.1) is 22.6 Å². The molecule has 0 saturated carbocycles. The topological polar surface area (TPSA) is 63.9 Å². The predicted molar refractivity (Wildman–Crippen MR) is 164 cm³/mol. The van der Waals surface area contributed by atoms with Gasteiger partial charge in [-0.3, -0.25) is 9.36 Å². The van der Waals surface area contributed by atoms with Crippen LogP contribution in [0.3, 0.4) is 0 Å². The predicted octanol–water partition coefficient (Wildman–Crippen LogP) is 7.71. The van der Waals surface area contributed by atoms with Gasteiger partial charge in [0.2, 0.25) is 5.95 Å². The molecule has 1 amide bonds. The van der Waals surface area contributed by atoms with Gasteiger partial charge in [-0.15, -0.1) is 0 Å². The van der Waals surface area contributed by atoms with Crippen molar-refractivity contribution in [2.45, 2.75) is 40.3 Å². The lowest BCUT2D eigenvalue weighted by Crippen LogP contribution is -2.31. The summed E-state index contributed by atoms with van der Waals surface area (Å²) in [6.07, 6.45) is 0. The van der Waals surface area contributed by atoms with Gasteiger partial charge in [0, 0.05) is 39.7 Å². The summed E-state index contributed by atoms with van der Waals surface area (Å²) < 4.78 is 4.52. The van der Waals surface area contributed by atoms with Crippen LogP contribution in [0.1, 0.15) is 36.6 Å². The molecular formula is C34H31N5O. The summed E-state index contributed by atoms with van der Waals surface area (Å²) in [5, 5.41) is 9.05. The van der Waals surface area contributed by atoms with Crippen molar-refractivity contribution in [3.05, 3.63) is 113 Å². The molecule has 40 heavy (non-hydrogen) atoms. The Morgan fingerprint density at radius 2 is 1.62 bits per heavy atom. The SMILES string of the molecule is CCn1c2ccccc2c2cc([C@H]3C(C(=O)Nc4ccc(C)cc4C)=C(C)Nc4nc5ccccc5n43)ccc21. The van der Waals surface area contributed by atoms with Crippen molar-refractivity contribution >= 4 is 50.4 Å². The van der Waals surface area contributed by atoms with E-state index in [4.69, 9.17) is 4.98 Å². The molecule has 198 valence electrons. The third kappa shape index (κ3) is 3.63. The third-order valence-corrected chi connectivity index (χ3v) is 8.13. The number of benzene rings is 4. The fourth-order valence-electron chi connectivity index (χ4n) is 6.30. The summed E-state index contributed by atoms with van der Waals surface area (Å²) >= 11 is 0. The lowest BCUT2D eigenvalue weighted by atomic mass is 9.93. The Bertz CT molecular complexity index is 2010. The van der Waals surface area contributed by atoms with E-state index in [1.807, 2.05) is 44.2 Å². The number of aryl methyl sites for hydroxylation is 3. The Balaban J connectivity index is 1.45. The molecule has 0 spiro atoms. The number of imidazole rings is 1. The van der Waals surface area contributed by atoms with Gasteiger partial charge in [0.15, 0.2) is 0 Å². The van der Waals surface area contributed by atoms with Crippen molar-refractivity contribution in [2.75, 3.05) is 10.6 Å². The highest BCUT2D eigenvalue weighted by Gasteiger charge is 2.34. The van der Waals surface area contributed by atoms with Crippen molar-refractivity contribution in [1.82, 2.24) is 14.1 Å². The third-order valence-electron chi connectivity index (χ3n) is 8.13. The van der Waals surface area contributed by atoms with E-state index in [-0.39, 0.29) is 11.9 Å². The maximum Gasteiger partial charge on any atom is 0.255 e. The van der Waals surface area contributed by atoms with Gasteiger partial charge in [-0.2, -0.15) is 0 Å². The lowest BCUT2D eigenvalue weighted by Gasteiger charge is -2.31. The minimum Gasteiger partial charge on any atom is -0.341 e. The first-order valence-electron chi connectivity index (χ1n) is 13.8. The molecule has 1 atom stereocenters. The first kappa shape index (κ1) is 24.2. The zero-order valence-corrected chi connectivity index (χ0v) is 23.1. The number of anilines is 2. The van der Waals surface area contributed by atoms with Crippen LogP contribution < -0.4 is 10.6 Å². The van der Waals surface area contributed by atoms with Crippen LogP contribution in [0.15, 0.2) is 96.2 Å². The number of nitrogens with zero attached hydrogens (tertiary/aromatic N) is 3. The number of carbonyl (C=O) groups excluding carboxylic acids is 1. The van der Waals surface area contributed by atoms with Crippen LogP contribution in [0.25, 0.3) is 32.8 Å². The summed E-state index contributed by atoms with van der Waals surface area (Å²) in [6, 6.07) is 29.0. The minimum absolute atomic E-state index is 0.124. The molecule has 2 N–H and O–H groups in total. The average Bonchev–Trinajstić information content (AvgIpc) is 3.48. The van der Waals surface area contributed by atoms with Gasteiger partial charge in [-0.25, -0.2) is 4.98 Å². The summed E-state index contributed by atoms with van der Waals surface area (Å²) in [5.74, 6) is 0.615. The molecule has 0 saturated heterocycles. The van der Waals surface area contributed by atoms with Crippen molar-refractivity contribution in [3.63, 3.8) is 0 Å². The average molecular weight is 526 g/mol. The molecule has 2 aromatic heterocycles. The second-order valence-electron chi connectivity index (χ2n) is 10.7. The standard InChI is InChI=1S/C34H31N5O/c1-5-38-28-12-8-6-10-24(28)25-19-23(15-17-29(25)38)32-31(33(40)36-26-16-14-20(2)18-21(26)3)22(4)35-34-37-27-11-7-9-13-30(27)39(32)34/h6-19,32H,5H2,1-4H3,(H,35,37)(H,36,40)/t32-/m0/s1. The molecule has 6 heteroatoms. The fourth-order valence-corrected chi connectivity index (χ4v) is 6.30. The smallest absolute Gasteiger partial charge is 0.255 e. The van der Waals surface area contributed by atoms with E-state index in [0.717, 1.165) is 51.6 Å². The van der Waals surface area contributed by atoms with E-state index < -0.39 is 0 Å². The van der Waals surface area contributed by atoms with E-state index in [1.165, 1.54) is 21.8 Å². The monoisotopic (exact) mass is 525 g/mol. The van der Waals surface area contributed by atoms with Crippen LogP contribution in [0.5, 0.6) is 0 Å². The molecular weight excluding hydrogens is 494 g/mol. The van der Waals surface area contributed by atoms with Crippen LogP contribution in [0.4, 0.5) is 11.6 Å². The van der Waals surface area contributed by atoms with Crippen LogP contribution in [-0.4, -0.2) is 20.0 Å². The Kier molecular flexibility index (Phi) is 5.52. The van der Waals surface area contributed by atoms with Gasteiger partial charge < -0.3 is 15.2 Å². The number of rotatable bonds is 4. The van der Waals surface area contributed by atoms with Crippen LogP contribution in [0, 0.1) is 13.8 Å². The maximum absolute atomic E-state index is 14.1. The number of carbonyl (C=O) groups is 1. The van der Waals surface area contributed by atoms with Crippen LogP contribution in [0.2, 0.25) is 0 Å². The second-order valence-corrected chi connectivity index (χ2v) is 10.7. The Morgan fingerprint density at radius 1 is 0.875 bits per heavy atom. The highest BCUT2D eigenvalue weighted by Crippen LogP contribution is 2.41. The number of hydrogen-bond donors (Lipinski definition) is 2. The van der Waals surface area contributed by atoms with Gasteiger partial charge in [-0.1, -0.05) is 54.1 Å². The minimum atomic E-state index is -0.359. The van der Waals surface area contributed by atoms with Crippen LogP contribution in [-0.2, 0) is 11.3 Å². The van der Waals surface area contributed by atoms with Gasteiger partial charge in [-0.05, 0) is 75.2 Å². The number of fused-ring (bicyclic) bond motifs is 6. The number of amides is 1. The molecule has 0 radical (unpaired) electrons.